The number of benzene rings is 1. The number of rotatable bonds is 4. The summed E-state index contributed by atoms with van der Waals surface area (Å²) in [6, 6.07) is 12.3. The Bertz CT molecular complexity index is 740. The molecule has 0 amide bonds. The van der Waals surface area contributed by atoms with E-state index in [1.807, 2.05) is 18.3 Å². The van der Waals surface area contributed by atoms with Gasteiger partial charge in [-0.2, -0.15) is 0 Å². The molecule has 0 saturated heterocycles. The van der Waals surface area contributed by atoms with Crippen molar-refractivity contribution in [2.24, 2.45) is 0 Å². The van der Waals surface area contributed by atoms with Crippen molar-refractivity contribution in [1.29, 1.82) is 0 Å². The molecule has 2 aromatic heterocycles. The zero-order chi connectivity index (χ0) is 13.9. The Hall–Kier alpha value is -1.56. The summed E-state index contributed by atoms with van der Waals surface area (Å²) in [7, 11) is 1.67. The molecule has 0 atom stereocenters. The third kappa shape index (κ3) is 2.52. The second-order valence-electron chi connectivity index (χ2n) is 4.34. The lowest BCUT2D eigenvalue weighted by Crippen LogP contribution is -1.94. The maximum Gasteiger partial charge on any atom is 0.121 e. The second kappa shape index (κ2) is 5.83. The van der Waals surface area contributed by atoms with Crippen molar-refractivity contribution < 1.29 is 4.74 Å². The molecule has 0 fully saturated rings. The third-order valence-corrected chi connectivity index (χ3v) is 4.41. The van der Waals surface area contributed by atoms with Crippen molar-refractivity contribution in [3.05, 3.63) is 47.5 Å². The van der Waals surface area contributed by atoms with Crippen molar-refractivity contribution in [2.75, 3.05) is 7.11 Å². The molecule has 3 rings (SSSR count). The van der Waals surface area contributed by atoms with Gasteiger partial charge in [-0.1, -0.05) is 12.8 Å². The molecule has 2 heterocycles. The van der Waals surface area contributed by atoms with Gasteiger partial charge in [-0.25, -0.2) is 0 Å². The molecule has 0 saturated carbocycles. The zero-order valence-corrected chi connectivity index (χ0v) is 12.7. The van der Waals surface area contributed by atoms with Crippen LogP contribution in [0.2, 0.25) is 0 Å². The molecule has 102 valence electrons. The standard InChI is InChI=1S/C15H14N2OS2/c1-18-10-2-4-12-13(6-7-16-14(12)8-10)15-5-3-11(20-15)9-17-19/h2-8,17,19H,9H2,1H3. The number of thiophene rings is 1. The summed E-state index contributed by atoms with van der Waals surface area (Å²) in [5.41, 5.74) is 2.15. The van der Waals surface area contributed by atoms with Crippen LogP contribution in [0.15, 0.2) is 42.6 Å². The van der Waals surface area contributed by atoms with Crippen LogP contribution < -0.4 is 9.46 Å². The van der Waals surface area contributed by atoms with Crippen LogP contribution >= 0.6 is 24.2 Å². The van der Waals surface area contributed by atoms with E-state index in [-0.39, 0.29) is 0 Å². The molecular formula is C15H14N2OS2. The molecule has 0 aliphatic carbocycles. The molecular weight excluding hydrogens is 288 g/mol. The lowest BCUT2D eigenvalue weighted by molar-refractivity contribution is 0.415. The van der Waals surface area contributed by atoms with Gasteiger partial charge in [0.25, 0.3) is 0 Å². The van der Waals surface area contributed by atoms with E-state index < -0.39 is 0 Å². The predicted molar refractivity (Wildman–Crippen MR) is 87.4 cm³/mol. The minimum Gasteiger partial charge on any atom is -0.497 e. The van der Waals surface area contributed by atoms with Crippen LogP contribution in [0, 0.1) is 0 Å². The van der Waals surface area contributed by atoms with Crippen LogP contribution in [0.25, 0.3) is 21.3 Å². The van der Waals surface area contributed by atoms with E-state index in [0.717, 1.165) is 23.2 Å². The fourth-order valence-corrected chi connectivity index (χ4v) is 3.43. The lowest BCUT2D eigenvalue weighted by Gasteiger charge is -2.06. The van der Waals surface area contributed by atoms with Gasteiger partial charge in [-0.05, 0) is 30.3 Å². The Labute approximate surface area is 127 Å². The maximum absolute atomic E-state index is 5.25. The summed E-state index contributed by atoms with van der Waals surface area (Å²) < 4.78 is 8.13. The topological polar surface area (TPSA) is 34.1 Å². The average Bonchev–Trinajstić information content (AvgIpc) is 2.95. The van der Waals surface area contributed by atoms with Gasteiger partial charge in [0, 0.05) is 39.5 Å². The molecule has 1 aromatic carbocycles. The number of fused-ring (bicyclic) bond motifs is 1. The smallest absolute Gasteiger partial charge is 0.121 e. The highest BCUT2D eigenvalue weighted by Gasteiger charge is 2.08. The van der Waals surface area contributed by atoms with E-state index in [1.165, 1.54) is 15.3 Å². The van der Waals surface area contributed by atoms with E-state index in [4.69, 9.17) is 4.74 Å². The summed E-state index contributed by atoms with van der Waals surface area (Å²) in [5, 5.41) is 1.14. The molecule has 5 heteroatoms. The van der Waals surface area contributed by atoms with Gasteiger partial charge < -0.3 is 4.74 Å². The van der Waals surface area contributed by atoms with Crippen molar-refractivity contribution in [2.45, 2.75) is 6.54 Å². The molecule has 20 heavy (non-hydrogen) atoms. The molecule has 0 radical (unpaired) electrons. The number of aromatic nitrogens is 1. The van der Waals surface area contributed by atoms with Gasteiger partial charge in [-0.15, -0.1) is 11.3 Å². The Balaban J connectivity index is 2.10. The van der Waals surface area contributed by atoms with Crippen molar-refractivity contribution in [1.82, 2.24) is 9.71 Å². The van der Waals surface area contributed by atoms with Crippen LogP contribution in [0.5, 0.6) is 5.75 Å². The van der Waals surface area contributed by atoms with Crippen molar-refractivity contribution in [3.63, 3.8) is 0 Å². The number of hydrogen-bond donors (Lipinski definition) is 2. The largest absolute Gasteiger partial charge is 0.497 e. The molecule has 3 nitrogen and oxygen atoms in total. The minimum absolute atomic E-state index is 0.768. The quantitative estimate of drug-likeness (QED) is 0.717. The van der Waals surface area contributed by atoms with Crippen LogP contribution in [-0.4, -0.2) is 12.1 Å². The lowest BCUT2D eigenvalue weighted by atomic mass is 10.1. The van der Waals surface area contributed by atoms with Gasteiger partial charge in [-0.3, -0.25) is 9.71 Å². The first kappa shape index (κ1) is 13.4. The monoisotopic (exact) mass is 302 g/mol. The summed E-state index contributed by atoms with van der Waals surface area (Å²) >= 11 is 5.81. The number of methoxy groups -OCH3 is 1. The number of pyridine rings is 1. The summed E-state index contributed by atoms with van der Waals surface area (Å²) in [6.07, 6.45) is 1.84. The Morgan fingerprint density at radius 1 is 1.25 bits per heavy atom. The molecule has 3 aromatic rings. The van der Waals surface area contributed by atoms with Crippen LogP contribution in [0.3, 0.4) is 0 Å². The molecule has 0 bridgehead atoms. The number of ether oxygens (including phenoxy) is 1. The van der Waals surface area contributed by atoms with Crippen LogP contribution in [0.4, 0.5) is 0 Å². The number of nitrogens with one attached hydrogen (secondary N) is 1. The maximum atomic E-state index is 5.25. The molecule has 0 spiro atoms. The summed E-state index contributed by atoms with van der Waals surface area (Å²) in [4.78, 5) is 6.91. The molecule has 1 N–H and O–H groups in total. The zero-order valence-electron chi connectivity index (χ0n) is 11.0. The van der Waals surface area contributed by atoms with Gasteiger partial charge in [0.05, 0.1) is 12.6 Å². The van der Waals surface area contributed by atoms with Crippen molar-refractivity contribution >= 4 is 35.1 Å². The van der Waals surface area contributed by atoms with Crippen LogP contribution in [-0.2, 0) is 6.54 Å². The third-order valence-electron chi connectivity index (χ3n) is 3.13. The van der Waals surface area contributed by atoms with E-state index in [0.29, 0.717) is 0 Å². The average molecular weight is 302 g/mol. The minimum atomic E-state index is 0.768. The molecule has 0 unspecified atom stereocenters. The van der Waals surface area contributed by atoms with E-state index in [9.17, 15) is 0 Å². The SMILES string of the molecule is COc1ccc2c(-c3ccc(CNS)s3)ccnc2c1. The van der Waals surface area contributed by atoms with E-state index >= 15 is 0 Å². The first-order valence-corrected chi connectivity index (χ1v) is 7.47. The highest BCUT2D eigenvalue weighted by Crippen LogP contribution is 2.34. The second-order valence-corrected chi connectivity index (χ2v) is 5.83. The summed E-state index contributed by atoms with van der Waals surface area (Å²) in [5.74, 6) is 0.827. The van der Waals surface area contributed by atoms with E-state index in [1.54, 1.807) is 18.4 Å². The highest BCUT2D eigenvalue weighted by molar-refractivity contribution is 7.78. The number of hydrogen-bond acceptors (Lipinski definition) is 5. The Morgan fingerprint density at radius 3 is 2.95 bits per heavy atom. The number of thiol groups is 1. The fourth-order valence-electron chi connectivity index (χ4n) is 2.17. The Kier molecular flexibility index (Phi) is 3.91. The van der Waals surface area contributed by atoms with Gasteiger partial charge in [0.2, 0.25) is 0 Å². The van der Waals surface area contributed by atoms with E-state index in [2.05, 4.69) is 46.8 Å². The van der Waals surface area contributed by atoms with Gasteiger partial charge in [0.15, 0.2) is 0 Å². The van der Waals surface area contributed by atoms with Crippen molar-refractivity contribution in [3.8, 4) is 16.2 Å². The first-order chi connectivity index (χ1) is 9.81. The van der Waals surface area contributed by atoms with Gasteiger partial charge in [0.1, 0.15) is 5.75 Å². The highest BCUT2D eigenvalue weighted by atomic mass is 32.1. The normalized spacial score (nSPS) is 10.9. The Morgan fingerprint density at radius 2 is 2.15 bits per heavy atom. The van der Waals surface area contributed by atoms with Crippen LogP contribution in [0.1, 0.15) is 4.88 Å². The predicted octanol–water partition coefficient (Wildman–Crippen LogP) is 3.91. The number of nitrogens with zero attached hydrogens (tertiary/aromatic N) is 1. The molecule has 0 aliphatic heterocycles. The first-order valence-electron chi connectivity index (χ1n) is 6.20. The molecule has 0 aliphatic rings. The fraction of sp³-hybridized carbons (Fsp3) is 0.133. The summed E-state index contributed by atoms with van der Waals surface area (Å²) in [6.45, 7) is 0.768. The van der Waals surface area contributed by atoms with Gasteiger partial charge >= 0.3 is 0 Å².